The van der Waals surface area contributed by atoms with Crippen molar-refractivity contribution in [1.82, 2.24) is 10.2 Å². The molecule has 2 amide bonds. The van der Waals surface area contributed by atoms with E-state index in [-0.39, 0.29) is 0 Å². The van der Waals surface area contributed by atoms with Crippen LogP contribution in [0.4, 0.5) is 0 Å². The van der Waals surface area contributed by atoms with E-state index in [0.717, 1.165) is 22.8 Å². The molecular formula is C28H28N2O4. The van der Waals surface area contributed by atoms with E-state index in [0.29, 0.717) is 11.1 Å². The van der Waals surface area contributed by atoms with Gasteiger partial charge in [0.1, 0.15) is 6.61 Å². The molecule has 34 heavy (non-hydrogen) atoms. The maximum atomic E-state index is 12.7. The zero-order valence-electron chi connectivity index (χ0n) is 19.4. The van der Waals surface area contributed by atoms with Crippen LogP contribution in [0.2, 0.25) is 0 Å². The van der Waals surface area contributed by atoms with Gasteiger partial charge in [0.05, 0.1) is 0 Å². The highest BCUT2D eigenvalue weighted by molar-refractivity contribution is 6.10. The van der Waals surface area contributed by atoms with Gasteiger partial charge < -0.3 is 15.3 Å². The highest BCUT2D eigenvalue weighted by atomic mass is 16.3. The molecule has 0 radical (unpaired) electrons. The number of ketones is 1. The fraction of sp³-hybridized carbons (Fsp3) is 0.321. The third-order valence-electron chi connectivity index (χ3n) is 5.76. The molecule has 1 aliphatic rings. The third kappa shape index (κ3) is 6.81. The van der Waals surface area contributed by atoms with Crippen LogP contribution in [0.25, 0.3) is 0 Å². The molecule has 2 aromatic carbocycles. The van der Waals surface area contributed by atoms with E-state index in [1.807, 2.05) is 12.1 Å². The smallest absolute Gasteiger partial charge is 0.254 e. The number of likely N-dealkylation sites (N-methyl/N-ethyl adjacent to an activating group) is 2. The van der Waals surface area contributed by atoms with Gasteiger partial charge in [0.25, 0.3) is 5.91 Å². The molecule has 3 rings (SSSR count). The summed E-state index contributed by atoms with van der Waals surface area (Å²) in [5, 5.41) is 11.5. The van der Waals surface area contributed by atoms with Gasteiger partial charge in [-0.1, -0.05) is 36.8 Å². The summed E-state index contributed by atoms with van der Waals surface area (Å²) in [6, 6.07) is 13.4. The average molecular weight is 457 g/mol. The van der Waals surface area contributed by atoms with Gasteiger partial charge in [-0.05, 0) is 72.6 Å². The van der Waals surface area contributed by atoms with Crippen molar-refractivity contribution in [3.63, 3.8) is 0 Å². The van der Waals surface area contributed by atoms with Gasteiger partial charge in [-0.3, -0.25) is 14.4 Å². The summed E-state index contributed by atoms with van der Waals surface area (Å²) in [5.74, 6) is 10.6. The molecule has 2 aromatic rings. The van der Waals surface area contributed by atoms with Crippen LogP contribution in [0.1, 0.15) is 46.3 Å². The summed E-state index contributed by atoms with van der Waals surface area (Å²) in [4.78, 5) is 37.7. The lowest BCUT2D eigenvalue weighted by Gasteiger charge is -2.25. The van der Waals surface area contributed by atoms with E-state index < -0.39 is 30.2 Å². The van der Waals surface area contributed by atoms with E-state index in [1.165, 1.54) is 38.9 Å². The number of hydrogen-bond donors (Lipinski definition) is 2. The number of rotatable bonds is 8. The third-order valence-corrected chi connectivity index (χ3v) is 5.76. The van der Waals surface area contributed by atoms with Gasteiger partial charge >= 0.3 is 0 Å². The highest BCUT2D eigenvalue weighted by Crippen LogP contribution is 2.33. The number of aliphatic hydroxyl groups excluding tert-OH is 1. The van der Waals surface area contributed by atoms with Gasteiger partial charge in [0, 0.05) is 30.8 Å². The summed E-state index contributed by atoms with van der Waals surface area (Å²) < 4.78 is 0. The second-order valence-corrected chi connectivity index (χ2v) is 8.31. The maximum absolute atomic E-state index is 12.7. The lowest BCUT2D eigenvalue weighted by Crippen LogP contribution is -2.52. The number of benzene rings is 2. The summed E-state index contributed by atoms with van der Waals surface area (Å²) in [6.07, 6.45) is 5.15. The van der Waals surface area contributed by atoms with Crippen molar-refractivity contribution >= 4 is 17.6 Å². The Morgan fingerprint density at radius 1 is 1.00 bits per heavy atom. The molecule has 0 aliphatic heterocycles. The number of hydrogen-bond acceptors (Lipinski definition) is 4. The van der Waals surface area contributed by atoms with Crippen molar-refractivity contribution in [2.45, 2.75) is 31.7 Å². The Hall–Kier alpha value is -3.87. The first-order valence-corrected chi connectivity index (χ1v) is 11.3. The van der Waals surface area contributed by atoms with Crippen LogP contribution in [-0.2, 0) is 16.0 Å². The Morgan fingerprint density at radius 3 is 2.06 bits per heavy atom. The van der Waals surface area contributed by atoms with Crippen LogP contribution in [0, 0.1) is 29.6 Å². The quantitative estimate of drug-likeness (QED) is 0.471. The van der Waals surface area contributed by atoms with Gasteiger partial charge in [-0.2, -0.15) is 0 Å². The molecule has 0 aromatic heterocycles. The number of nitrogens with zero attached hydrogens (tertiary/aromatic N) is 1. The second kappa shape index (κ2) is 11.8. The Labute approximate surface area is 200 Å². The van der Waals surface area contributed by atoms with E-state index in [1.54, 1.807) is 24.3 Å². The van der Waals surface area contributed by atoms with E-state index in [9.17, 15) is 14.4 Å². The van der Waals surface area contributed by atoms with Crippen molar-refractivity contribution in [2.24, 2.45) is 5.92 Å². The number of aryl methyl sites for hydroxylation is 1. The molecule has 1 aliphatic carbocycles. The Bertz CT molecular complexity index is 1140. The van der Waals surface area contributed by atoms with E-state index in [4.69, 9.17) is 5.11 Å². The second-order valence-electron chi connectivity index (χ2n) is 8.31. The van der Waals surface area contributed by atoms with Crippen LogP contribution >= 0.6 is 0 Å². The minimum atomic E-state index is -1.40. The van der Waals surface area contributed by atoms with Crippen molar-refractivity contribution < 1.29 is 19.5 Å². The van der Waals surface area contributed by atoms with Crippen LogP contribution in [0.3, 0.4) is 0 Å². The SMILES string of the molecule is CNC(=O)C(C(=O)CO)N(C)C(=O)c1ccc(C#CC#Cc2ccc(CCC3CC3)cc2)cc1. The largest absolute Gasteiger partial charge is 0.388 e. The summed E-state index contributed by atoms with van der Waals surface area (Å²) in [6.45, 7) is -0.837. The molecule has 0 saturated heterocycles. The number of carbonyl (C=O) groups is 3. The molecule has 6 nitrogen and oxygen atoms in total. The van der Waals surface area contributed by atoms with Crippen molar-refractivity contribution in [3.05, 3.63) is 70.8 Å². The van der Waals surface area contributed by atoms with Gasteiger partial charge in [-0.25, -0.2) is 0 Å². The lowest BCUT2D eigenvalue weighted by atomic mass is 10.1. The zero-order chi connectivity index (χ0) is 24.5. The lowest BCUT2D eigenvalue weighted by molar-refractivity contribution is -0.135. The van der Waals surface area contributed by atoms with Crippen LogP contribution in [0.5, 0.6) is 0 Å². The molecule has 0 heterocycles. The standard InChI is InChI=1S/C28H28N2O4/c1-29-27(33)26(25(32)19-31)30(2)28(34)24-17-15-21(16-18-24)6-4-3-5-20-7-9-22(10-8-20)11-12-23-13-14-23/h7-10,15-18,23,26,31H,11-14,19H2,1-2H3,(H,29,33). The minimum Gasteiger partial charge on any atom is -0.388 e. The predicted octanol–water partition coefficient (Wildman–Crippen LogP) is 2.18. The summed E-state index contributed by atoms with van der Waals surface area (Å²) in [7, 11) is 2.71. The molecule has 1 fully saturated rings. The fourth-order valence-corrected chi connectivity index (χ4v) is 3.52. The number of Topliss-reactive ketones (excluding diaryl/α,β-unsaturated/α-hetero) is 1. The molecule has 2 N–H and O–H groups in total. The number of amides is 2. The number of carbonyl (C=O) groups excluding carboxylic acids is 3. The average Bonchev–Trinajstić information content (AvgIpc) is 3.70. The zero-order valence-corrected chi connectivity index (χ0v) is 19.4. The Balaban J connectivity index is 1.60. The predicted molar refractivity (Wildman–Crippen MR) is 130 cm³/mol. The molecule has 174 valence electrons. The summed E-state index contributed by atoms with van der Waals surface area (Å²) >= 11 is 0. The van der Waals surface area contributed by atoms with Crippen molar-refractivity contribution in [3.8, 4) is 23.7 Å². The number of nitrogens with one attached hydrogen (secondary N) is 1. The first kappa shape index (κ1) is 24.8. The van der Waals surface area contributed by atoms with Crippen molar-refractivity contribution in [2.75, 3.05) is 20.7 Å². The summed E-state index contributed by atoms with van der Waals surface area (Å²) in [5.41, 5.74) is 3.22. The Kier molecular flexibility index (Phi) is 8.62. The molecule has 0 bridgehead atoms. The normalized spacial score (nSPS) is 12.9. The molecule has 1 saturated carbocycles. The molecule has 1 atom stereocenters. The van der Waals surface area contributed by atoms with E-state index >= 15 is 0 Å². The van der Waals surface area contributed by atoms with Gasteiger partial charge in [0.15, 0.2) is 11.8 Å². The first-order valence-electron chi connectivity index (χ1n) is 11.3. The topological polar surface area (TPSA) is 86.7 Å². The van der Waals surface area contributed by atoms with Gasteiger partial charge in [0.2, 0.25) is 5.91 Å². The number of aliphatic hydroxyl groups is 1. The molecule has 1 unspecified atom stereocenters. The van der Waals surface area contributed by atoms with Crippen LogP contribution < -0.4 is 5.32 Å². The first-order chi connectivity index (χ1) is 16.4. The fourth-order valence-electron chi connectivity index (χ4n) is 3.52. The molecule has 6 heteroatoms. The Morgan fingerprint density at radius 2 is 1.56 bits per heavy atom. The minimum absolute atomic E-state index is 0.292. The molecular weight excluding hydrogens is 428 g/mol. The van der Waals surface area contributed by atoms with E-state index in [2.05, 4.69) is 41.1 Å². The van der Waals surface area contributed by atoms with Gasteiger partial charge in [-0.15, -0.1) is 0 Å². The molecule has 0 spiro atoms. The monoisotopic (exact) mass is 456 g/mol. The van der Waals surface area contributed by atoms with Crippen LogP contribution in [0.15, 0.2) is 48.5 Å². The van der Waals surface area contributed by atoms with Crippen molar-refractivity contribution in [1.29, 1.82) is 0 Å². The highest BCUT2D eigenvalue weighted by Gasteiger charge is 2.32. The van der Waals surface area contributed by atoms with Crippen LogP contribution in [-0.4, -0.2) is 54.3 Å². The maximum Gasteiger partial charge on any atom is 0.254 e.